The number of nitro groups is 1. The van der Waals surface area contributed by atoms with Crippen LogP contribution in [0, 0.1) is 26.4 Å². The number of halogens is 2. The molecule has 1 aromatic rings. The molecule has 0 fully saturated rings. The molecule has 1 rings (SSSR count). The Bertz CT molecular complexity index is 340. The van der Waals surface area contributed by atoms with Gasteiger partial charge in [0.1, 0.15) is 0 Å². The van der Waals surface area contributed by atoms with E-state index in [0.717, 1.165) is 0 Å². The lowest BCUT2D eigenvalue weighted by molar-refractivity contribution is -0.387. The Hall–Kier alpha value is -0.720. The molecule has 0 saturated carbocycles. The Morgan fingerprint density at radius 2 is 2.17 bits per heavy atom. The van der Waals surface area contributed by atoms with Gasteiger partial charge in [-0.2, -0.15) is 4.39 Å². The molecule has 0 bridgehead atoms. The number of benzene rings is 1. The van der Waals surface area contributed by atoms with Crippen molar-refractivity contribution < 1.29 is 9.31 Å². The highest BCUT2D eigenvalue weighted by Gasteiger charge is 2.16. The molecule has 0 unspecified atom stereocenters. The summed E-state index contributed by atoms with van der Waals surface area (Å²) in [5.74, 6) is -0.758. The second-order valence-corrected chi connectivity index (χ2v) is 3.50. The summed E-state index contributed by atoms with van der Waals surface area (Å²) in [6.45, 7) is 1.69. The Kier molecular flexibility index (Phi) is 2.61. The van der Waals surface area contributed by atoms with Crippen LogP contribution in [-0.4, -0.2) is 4.92 Å². The fourth-order valence-corrected chi connectivity index (χ4v) is 1.61. The van der Waals surface area contributed by atoms with E-state index in [-0.39, 0.29) is 3.57 Å². The molecule has 0 heterocycles. The number of aryl methyl sites for hydroxylation is 1. The third-order valence-electron chi connectivity index (χ3n) is 1.35. The summed E-state index contributed by atoms with van der Waals surface area (Å²) < 4.78 is 13.3. The molecular weight excluding hydrogens is 276 g/mol. The summed E-state index contributed by atoms with van der Waals surface area (Å²) >= 11 is 1.73. The minimum Gasteiger partial charge on any atom is -0.258 e. The third kappa shape index (κ3) is 1.71. The normalized spacial score (nSPS) is 9.92. The van der Waals surface area contributed by atoms with Crippen LogP contribution in [0.5, 0.6) is 0 Å². The van der Waals surface area contributed by atoms with E-state index in [2.05, 4.69) is 0 Å². The molecule has 0 N–H and O–H groups in total. The predicted octanol–water partition coefficient (Wildman–Crippen LogP) is 2.65. The van der Waals surface area contributed by atoms with E-state index < -0.39 is 16.4 Å². The van der Waals surface area contributed by atoms with Crippen molar-refractivity contribution in [1.82, 2.24) is 0 Å². The summed E-state index contributed by atoms with van der Waals surface area (Å²) in [4.78, 5) is 9.57. The largest absolute Gasteiger partial charge is 0.306 e. The molecule has 3 nitrogen and oxygen atoms in total. The Balaban J connectivity index is 3.37. The van der Waals surface area contributed by atoms with Gasteiger partial charge in [0.2, 0.25) is 5.82 Å². The van der Waals surface area contributed by atoms with Crippen molar-refractivity contribution in [2.75, 3.05) is 0 Å². The standard InChI is InChI=1S/C7H5FINO2/c1-4-2-5(9)7(8)6(3-4)10(11)12/h2-3H,1H3. The van der Waals surface area contributed by atoms with Gasteiger partial charge in [0.15, 0.2) is 0 Å². The Morgan fingerprint density at radius 1 is 1.58 bits per heavy atom. The van der Waals surface area contributed by atoms with Gasteiger partial charge in [-0.1, -0.05) is 0 Å². The summed E-state index contributed by atoms with van der Waals surface area (Å²) in [7, 11) is 0. The lowest BCUT2D eigenvalue weighted by Gasteiger charge is -1.97. The molecule has 0 radical (unpaired) electrons. The number of nitrogens with zero attached hydrogens (tertiary/aromatic N) is 1. The first-order valence-corrected chi connectivity index (χ1v) is 4.20. The van der Waals surface area contributed by atoms with Crippen molar-refractivity contribution >= 4 is 28.3 Å². The van der Waals surface area contributed by atoms with Gasteiger partial charge in [-0.15, -0.1) is 0 Å². The van der Waals surface area contributed by atoms with Gasteiger partial charge in [0.25, 0.3) is 0 Å². The van der Waals surface area contributed by atoms with Gasteiger partial charge in [-0.3, -0.25) is 10.1 Å². The number of rotatable bonds is 1. The highest BCUT2D eigenvalue weighted by Crippen LogP contribution is 2.23. The maximum absolute atomic E-state index is 13.0. The highest BCUT2D eigenvalue weighted by atomic mass is 127. The van der Waals surface area contributed by atoms with Crippen molar-refractivity contribution in [1.29, 1.82) is 0 Å². The second-order valence-electron chi connectivity index (χ2n) is 2.34. The fraction of sp³-hybridized carbons (Fsp3) is 0.143. The first kappa shape index (κ1) is 9.37. The lowest BCUT2D eigenvalue weighted by Crippen LogP contribution is -1.95. The molecule has 0 amide bonds. The molecule has 1 aromatic carbocycles. The quantitative estimate of drug-likeness (QED) is 0.451. The summed E-state index contributed by atoms with van der Waals surface area (Å²) in [6, 6.07) is 2.78. The molecule has 12 heavy (non-hydrogen) atoms. The molecular formula is C7H5FINO2. The van der Waals surface area contributed by atoms with Gasteiger partial charge in [0.05, 0.1) is 8.49 Å². The molecule has 0 aromatic heterocycles. The Labute approximate surface area is 81.9 Å². The van der Waals surface area contributed by atoms with Gasteiger partial charge in [0, 0.05) is 6.07 Å². The Morgan fingerprint density at radius 3 is 2.67 bits per heavy atom. The van der Waals surface area contributed by atoms with E-state index in [1.807, 2.05) is 0 Å². The van der Waals surface area contributed by atoms with Crippen LogP contribution >= 0.6 is 22.6 Å². The lowest BCUT2D eigenvalue weighted by atomic mass is 10.2. The van der Waals surface area contributed by atoms with Crippen LogP contribution in [0.3, 0.4) is 0 Å². The van der Waals surface area contributed by atoms with Crippen LogP contribution in [0.25, 0.3) is 0 Å². The van der Waals surface area contributed by atoms with Gasteiger partial charge in [-0.05, 0) is 41.1 Å². The molecule has 0 saturated heterocycles. The van der Waals surface area contributed by atoms with Crippen molar-refractivity contribution in [2.45, 2.75) is 6.92 Å². The van der Waals surface area contributed by atoms with E-state index in [1.54, 1.807) is 35.6 Å². The van der Waals surface area contributed by atoms with E-state index >= 15 is 0 Å². The second kappa shape index (κ2) is 3.34. The van der Waals surface area contributed by atoms with Crippen molar-refractivity contribution in [3.63, 3.8) is 0 Å². The van der Waals surface area contributed by atoms with Gasteiger partial charge in [-0.25, -0.2) is 0 Å². The third-order valence-corrected chi connectivity index (χ3v) is 2.14. The van der Waals surface area contributed by atoms with E-state index in [1.165, 1.54) is 6.07 Å². The number of hydrogen-bond acceptors (Lipinski definition) is 2. The van der Waals surface area contributed by atoms with E-state index in [0.29, 0.717) is 5.56 Å². The molecule has 64 valence electrons. The van der Waals surface area contributed by atoms with Crippen molar-refractivity contribution in [2.24, 2.45) is 0 Å². The summed E-state index contributed by atoms with van der Waals surface area (Å²) in [5, 5.41) is 10.3. The predicted molar refractivity (Wildman–Crippen MR) is 50.5 cm³/mol. The maximum Gasteiger partial charge on any atom is 0.306 e. The number of hydrogen-bond donors (Lipinski definition) is 0. The number of nitro benzene ring substituents is 1. The van der Waals surface area contributed by atoms with E-state index in [4.69, 9.17) is 0 Å². The summed E-state index contributed by atoms with van der Waals surface area (Å²) in [5.41, 5.74) is 0.229. The molecule has 0 atom stereocenters. The molecule has 0 spiro atoms. The zero-order valence-corrected chi connectivity index (χ0v) is 8.33. The first-order chi connectivity index (χ1) is 5.52. The molecule has 5 heteroatoms. The van der Waals surface area contributed by atoms with Crippen LogP contribution in [0.1, 0.15) is 5.56 Å². The zero-order valence-electron chi connectivity index (χ0n) is 6.17. The maximum atomic E-state index is 13.0. The molecule has 0 aliphatic rings. The van der Waals surface area contributed by atoms with Gasteiger partial charge < -0.3 is 0 Å². The fourth-order valence-electron chi connectivity index (χ4n) is 0.839. The van der Waals surface area contributed by atoms with Gasteiger partial charge >= 0.3 is 5.69 Å². The minimum absolute atomic E-state index is 0.277. The summed E-state index contributed by atoms with van der Waals surface area (Å²) in [6.07, 6.45) is 0. The van der Waals surface area contributed by atoms with E-state index in [9.17, 15) is 14.5 Å². The van der Waals surface area contributed by atoms with Crippen LogP contribution in [0.4, 0.5) is 10.1 Å². The minimum atomic E-state index is -0.758. The topological polar surface area (TPSA) is 43.1 Å². The van der Waals surface area contributed by atoms with Crippen LogP contribution in [0.2, 0.25) is 0 Å². The van der Waals surface area contributed by atoms with Crippen molar-refractivity contribution in [3.8, 4) is 0 Å². The first-order valence-electron chi connectivity index (χ1n) is 3.12. The smallest absolute Gasteiger partial charge is 0.258 e. The molecule has 0 aliphatic heterocycles. The van der Waals surface area contributed by atoms with Crippen LogP contribution in [0.15, 0.2) is 12.1 Å². The average Bonchev–Trinajstić information content (AvgIpc) is 1.96. The SMILES string of the molecule is Cc1cc(I)c(F)c([N+](=O)[O-])c1. The van der Waals surface area contributed by atoms with Crippen LogP contribution in [-0.2, 0) is 0 Å². The van der Waals surface area contributed by atoms with Crippen molar-refractivity contribution in [3.05, 3.63) is 37.2 Å². The monoisotopic (exact) mass is 281 g/mol. The highest BCUT2D eigenvalue weighted by molar-refractivity contribution is 14.1. The van der Waals surface area contributed by atoms with Crippen LogP contribution < -0.4 is 0 Å². The zero-order chi connectivity index (χ0) is 9.30. The average molecular weight is 281 g/mol. The molecule has 0 aliphatic carbocycles.